The molecule has 2 aromatic heterocycles. The summed E-state index contributed by atoms with van der Waals surface area (Å²) in [4.78, 5) is 41.5. The van der Waals surface area contributed by atoms with Crippen molar-refractivity contribution in [3.63, 3.8) is 0 Å². The van der Waals surface area contributed by atoms with Gasteiger partial charge in [-0.2, -0.15) is 0 Å². The molecule has 0 saturated heterocycles. The van der Waals surface area contributed by atoms with Gasteiger partial charge in [0, 0.05) is 55.5 Å². The maximum absolute atomic E-state index is 14.3. The maximum atomic E-state index is 14.3. The largest absolute Gasteiger partial charge is 0.486 e. The third kappa shape index (κ3) is 7.65. The molecule has 0 radical (unpaired) electrons. The normalized spacial score (nSPS) is 11.2. The third-order valence-electron chi connectivity index (χ3n) is 6.22. The number of amides is 2. The van der Waals surface area contributed by atoms with Crippen LogP contribution in [0.4, 0.5) is 18.9 Å². The van der Waals surface area contributed by atoms with Gasteiger partial charge in [0.15, 0.2) is 0 Å². The molecule has 41 heavy (non-hydrogen) atoms. The fourth-order valence-electron chi connectivity index (χ4n) is 4.09. The Morgan fingerprint density at radius 3 is 2.63 bits per heavy atom. The van der Waals surface area contributed by atoms with Gasteiger partial charge < -0.3 is 24.5 Å². The highest BCUT2D eigenvalue weighted by Gasteiger charge is 2.13. The van der Waals surface area contributed by atoms with Crippen LogP contribution in [0, 0.1) is 17.5 Å². The Balaban J connectivity index is 1.42. The lowest BCUT2D eigenvalue weighted by Crippen LogP contribution is -2.25. The van der Waals surface area contributed by atoms with Gasteiger partial charge in [-0.3, -0.25) is 14.4 Å². The van der Waals surface area contributed by atoms with Gasteiger partial charge in [-0.05, 0) is 55.3 Å². The number of allylic oxidation sites excluding steroid dienone is 1. The molecule has 11 heteroatoms. The van der Waals surface area contributed by atoms with E-state index in [1.54, 1.807) is 38.5 Å². The van der Waals surface area contributed by atoms with Crippen LogP contribution in [0.2, 0.25) is 0 Å². The molecule has 0 unspecified atom stereocenters. The predicted molar refractivity (Wildman–Crippen MR) is 149 cm³/mol. The second-order valence-corrected chi connectivity index (χ2v) is 9.62. The lowest BCUT2D eigenvalue weighted by molar-refractivity contribution is -0.123. The topological polar surface area (TPSA) is 96.4 Å². The van der Waals surface area contributed by atoms with E-state index in [1.807, 2.05) is 0 Å². The molecule has 0 atom stereocenters. The van der Waals surface area contributed by atoms with Gasteiger partial charge in [-0.15, -0.1) is 0 Å². The first-order chi connectivity index (χ1) is 19.6. The Labute approximate surface area is 234 Å². The van der Waals surface area contributed by atoms with E-state index in [2.05, 4.69) is 10.3 Å². The predicted octanol–water partition coefficient (Wildman–Crippen LogP) is 5.13. The maximum Gasteiger partial charge on any atom is 0.274 e. The summed E-state index contributed by atoms with van der Waals surface area (Å²) < 4.78 is 48.5. The number of halogens is 3. The fourth-order valence-corrected chi connectivity index (χ4v) is 4.09. The van der Waals surface area contributed by atoms with Crippen LogP contribution < -0.4 is 15.6 Å². The molecule has 2 amide bonds. The molecular formula is C30H29F3N4O4. The van der Waals surface area contributed by atoms with Gasteiger partial charge in [0.1, 0.15) is 35.5 Å². The first-order valence-corrected chi connectivity index (χ1v) is 12.9. The van der Waals surface area contributed by atoms with Crippen LogP contribution in [0.1, 0.15) is 30.5 Å². The number of ether oxygens (including phenoxy) is 1. The quantitative estimate of drug-likeness (QED) is 0.194. The van der Waals surface area contributed by atoms with Crippen molar-refractivity contribution in [2.24, 2.45) is 0 Å². The smallest absolute Gasteiger partial charge is 0.274 e. The molecule has 4 rings (SSSR count). The van der Waals surface area contributed by atoms with E-state index in [-0.39, 0.29) is 48.4 Å². The Kier molecular flexibility index (Phi) is 9.28. The van der Waals surface area contributed by atoms with E-state index in [4.69, 9.17) is 4.74 Å². The molecule has 2 aromatic carbocycles. The molecular weight excluding hydrogens is 537 g/mol. The van der Waals surface area contributed by atoms with E-state index in [0.29, 0.717) is 29.4 Å². The number of fused-ring (bicyclic) bond motifs is 1. The number of carbonyl (C=O) groups excluding carboxylic acids is 2. The Bertz CT molecular complexity index is 1660. The van der Waals surface area contributed by atoms with Crippen molar-refractivity contribution in [2.75, 3.05) is 19.4 Å². The molecule has 2 heterocycles. The Hall–Kier alpha value is -4.80. The second-order valence-electron chi connectivity index (χ2n) is 9.62. The lowest BCUT2D eigenvalue weighted by atomic mass is 10.2. The minimum atomic E-state index is -0.774. The van der Waals surface area contributed by atoms with Crippen LogP contribution in [0.3, 0.4) is 0 Å². The lowest BCUT2D eigenvalue weighted by Gasteiger charge is -2.09. The average Bonchev–Trinajstić information content (AvgIpc) is 3.32. The molecule has 0 aliphatic rings. The SMILES string of the molecule is CN(C)C(=O)/C=C/CCCC(=O)Nc1cccn(Cc2cc3cc(F)cc(OCc4ccc(F)cc4F)c3[nH]2)c1=O. The summed E-state index contributed by atoms with van der Waals surface area (Å²) in [5.74, 6) is -2.39. The molecule has 2 N–H and O–H groups in total. The first kappa shape index (κ1) is 29.2. The van der Waals surface area contributed by atoms with Crippen molar-refractivity contribution in [1.82, 2.24) is 14.5 Å². The summed E-state index contributed by atoms with van der Waals surface area (Å²) in [5.41, 5.74) is 0.807. The van der Waals surface area contributed by atoms with Gasteiger partial charge in [0.05, 0.1) is 12.1 Å². The highest BCUT2D eigenvalue weighted by Crippen LogP contribution is 2.29. The van der Waals surface area contributed by atoms with Gasteiger partial charge in [0.2, 0.25) is 11.8 Å². The van der Waals surface area contributed by atoms with Crippen molar-refractivity contribution < 1.29 is 27.5 Å². The zero-order valence-corrected chi connectivity index (χ0v) is 22.5. The zero-order chi connectivity index (χ0) is 29.5. The van der Waals surface area contributed by atoms with Gasteiger partial charge in [0.25, 0.3) is 5.56 Å². The second kappa shape index (κ2) is 13.0. The number of anilines is 1. The highest BCUT2D eigenvalue weighted by atomic mass is 19.1. The number of hydrogen-bond donors (Lipinski definition) is 2. The molecule has 0 spiro atoms. The molecule has 0 bridgehead atoms. The van der Waals surface area contributed by atoms with E-state index >= 15 is 0 Å². The summed E-state index contributed by atoms with van der Waals surface area (Å²) in [7, 11) is 3.30. The number of nitrogens with one attached hydrogen (secondary N) is 2. The summed E-state index contributed by atoms with van der Waals surface area (Å²) >= 11 is 0. The van der Waals surface area contributed by atoms with Crippen molar-refractivity contribution in [3.05, 3.63) is 106 Å². The standard InChI is InChI=1S/C30H29F3N4O4/c1-36(2)28(39)9-5-3-4-8-27(38)35-25-7-6-12-37(30(25)40)17-23-14-20-13-22(32)16-26(29(20)34-23)41-18-19-10-11-21(31)15-24(19)33/h5-7,9-16,34H,3-4,8,17-18H2,1-2H3,(H,35,38)/b9-5+. The number of aromatic amines is 1. The van der Waals surface area contributed by atoms with Crippen LogP contribution in [-0.4, -0.2) is 40.4 Å². The number of likely N-dealkylation sites (N-methyl/N-ethyl adjacent to an activating group) is 1. The number of unbranched alkanes of at least 4 members (excludes halogenated alkanes) is 1. The number of benzene rings is 2. The number of nitrogens with zero attached hydrogens (tertiary/aromatic N) is 2. The van der Waals surface area contributed by atoms with Crippen molar-refractivity contribution in [2.45, 2.75) is 32.4 Å². The molecule has 0 fully saturated rings. The van der Waals surface area contributed by atoms with Crippen LogP contribution >= 0.6 is 0 Å². The molecule has 0 saturated carbocycles. The van der Waals surface area contributed by atoms with Crippen molar-refractivity contribution in [3.8, 4) is 5.75 Å². The number of carbonyl (C=O) groups is 2. The zero-order valence-electron chi connectivity index (χ0n) is 22.5. The van der Waals surface area contributed by atoms with Crippen molar-refractivity contribution >= 4 is 28.4 Å². The highest BCUT2D eigenvalue weighted by molar-refractivity contribution is 5.90. The number of rotatable bonds is 11. The van der Waals surface area contributed by atoms with Crippen LogP contribution in [0.25, 0.3) is 10.9 Å². The number of aromatic nitrogens is 2. The summed E-state index contributed by atoms with van der Waals surface area (Å²) in [6, 6.07) is 10.4. The molecule has 4 aromatic rings. The van der Waals surface area contributed by atoms with Gasteiger partial charge >= 0.3 is 0 Å². The molecule has 214 valence electrons. The van der Waals surface area contributed by atoms with Gasteiger partial charge in [-0.25, -0.2) is 13.2 Å². The average molecular weight is 567 g/mol. The van der Waals surface area contributed by atoms with E-state index in [1.165, 1.54) is 33.7 Å². The number of hydrogen-bond acceptors (Lipinski definition) is 4. The summed E-state index contributed by atoms with van der Waals surface area (Å²) in [6.07, 6.45) is 5.94. The van der Waals surface area contributed by atoms with Crippen LogP contribution in [-0.2, 0) is 22.7 Å². The minimum Gasteiger partial charge on any atom is -0.486 e. The van der Waals surface area contributed by atoms with E-state index in [0.717, 1.165) is 18.2 Å². The van der Waals surface area contributed by atoms with Crippen LogP contribution in [0.5, 0.6) is 5.75 Å². The minimum absolute atomic E-state index is 0.0928. The number of H-pyrrole nitrogens is 1. The first-order valence-electron chi connectivity index (χ1n) is 12.9. The molecule has 0 aliphatic carbocycles. The summed E-state index contributed by atoms with van der Waals surface area (Å²) in [6.45, 7) is -0.152. The fraction of sp³-hybridized carbons (Fsp3) is 0.233. The van der Waals surface area contributed by atoms with Gasteiger partial charge in [-0.1, -0.05) is 6.08 Å². The Morgan fingerprint density at radius 2 is 1.88 bits per heavy atom. The number of pyridine rings is 1. The molecule has 8 nitrogen and oxygen atoms in total. The van der Waals surface area contributed by atoms with E-state index in [9.17, 15) is 27.6 Å². The Morgan fingerprint density at radius 1 is 1.07 bits per heavy atom. The van der Waals surface area contributed by atoms with Crippen LogP contribution in [0.15, 0.2) is 71.7 Å². The summed E-state index contributed by atoms with van der Waals surface area (Å²) in [5, 5.41) is 3.11. The monoisotopic (exact) mass is 566 g/mol. The van der Waals surface area contributed by atoms with E-state index < -0.39 is 23.0 Å². The molecule has 0 aliphatic heterocycles. The van der Waals surface area contributed by atoms with Crippen molar-refractivity contribution in [1.29, 1.82) is 0 Å². The third-order valence-corrected chi connectivity index (χ3v) is 6.22.